The minimum absolute atomic E-state index is 0.0440. The molecule has 3 aliphatic rings. The second kappa shape index (κ2) is 12.1. The Kier molecular flexibility index (Phi) is 8.73. The highest BCUT2D eigenvalue weighted by Gasteiger charge is 2.39. The van der Waals surface area contributed by atoms with Crippen molar-refractivity contribution in [2.24, 2.45) is 0 Å². The van der Waals surface area contributed by atoms with Crippen LogP contribution in [0.2, 0.25) is 0 Å². The summed E-state index contributed by atoms with van der Waals surface area (Å²) in [7, 11) is 1.91. The van der Waals surface area contributed by atoms with E-state index in [1.165, 1.54) is 4.90 Å². The molecule has 2 fully saturated rings. The molecule has 45 heavy (non-hydrogen) atoms. The Hall–Kier alpha value is -3.94. The Morgan fingerprint density at radius 3 is 2.38 bits per heavy atom. The number of hydrogen-bond acceptors (Lipinski definition) is 6. The number of amides is 2. The molecule has 0 spiro atoms. The predicted octanol–water partition coefficient (Wildman–Crippen LogP) is 5.62. The molecule has 2 aliphatic heterocycles. The number of ether oxygens (including phenoxy) is 1. The highest BCUT2D eigenvalue weighted by atomic mass is 19.4. The summed E-state index contributed by atoms with van der Waals surface area (Å²) in [6, 6.07) is 1.19. The van der Waals surface area contributed by atoms with Crippen molar-refractivity contribution in [2.75, 3.05) is 43.4 Å². The summed E-state index contributed by atoms with van der Waals surface area (Å²) in [6.07, 6.45) is -0.810. The van der Waals surface area contributed by atoms with Crippen molar-refractivity contribution in [1.82, 2.24) is 14.8 Å². The lowest BCUT2D eigenvalue weighted by molar-refractivity contribution is -0.138. The molecule has 1 saturated heterocycles. The molecule has 1 aliphatic carbocycles. The Bertz CT molecular complexity index is 1570. The van der Waals surface area contributed by atoms with Gasteiger partial charge in [0.1, 0.15) is 17.1 Å². The van der Waals surface area contributed by atoms with Gasteiger partial charge in [0.15, 0.2) is 5.82 Å². The SMILES string of the molecule is C[C@@H]1CN(c2cc(F)c(C3=CCCN(C(=O)OC4(C)CCC4)C3)c(F)c2NC(=O)c2c[nH]c(=O)cc2C(F)(F)F)C[C@H](C)N1C. The second-order valence-electron chi connectivity index (χ2n) is 12.4. The van der Waals surface area contributed by atoms with Crippen LogP contribution in [0.4, 0.5) is 38.1 Å². The third-order valence-electron chi connectivity index (χ3n) is 9.09. The maximum Gasteiger partial charge on any atom is 0.417 e. The van der Waals surface area contributed by atoms with E-state index in [0.717, 1.165) is 25.3 Å². The molecule has 0 radical (unpaired) electrons. The first-order chi connectivity index (χ1) is 21.1. The number of hydrogen-bond donors (Lipinski definition) is 2. The molecule has 0 bridgehead atoms. The van der Waals surface area contributed by atoms with E-state index in [9.17, 15) is 27.6 Å². The van der Waals surface area contributed by atoms with Crippen molar-refractivity contribution < 1.29 is 36.3 Å². The molecular weight excluding hydrogens is 601 g/mol. The van der Waals surface area contributed by atoms with Gasteiger partial charge in [-0.05, 0) is 59.1 Å². The Labute approximate surface area is 257 Å². The van der Waals surface area contributed by atoms with Crippen LogP contribution >= 0.6 is 0 Å². The zero-order valence-corrected chi connectivity index (χ0v) is 25.5. The standard InChI is InChI=1S/C31H36F5N5O4/c1-17-14-41(15-18(2)39(17)4)23-12-22(32)25(19-7-5-10-40(16-19)29(44)45-30(3)8-6-9-30)26(33)27(23)38-28(43)20-13-37-24(42)11-21(20)31(34,35)36/h7,11-13,17-18H,5-6,8-10,14-16H2,1-4H3,(H,37,42)(H,38,43)/t17-,18+. The number of nitrogens with one attached hydrogen (secondary N) is 2. The summed E-state index contributed by atoms with van der Waals surface area (Å²) in [5.41, 5.74) is -5.02. The van der Waals surface area contributed by atoms with Crippen molar-refractivity contribution in [3.63, 3.8) is 0 Å². The van der Waals surface area contributed by atoms with Gasteiger partial charge < -0.3 is 24.8 Å². The minimum atomic E-state index is -5.06. The topological polar surface area (TPSA) is 98.0 Å². The lowest BCUT2D eigenvalue weighted by Crippen LogP contribution is -2.55. The van der Waals surface area contributed by atoms with Gasteiger partial charge in [0.2, 0.25) is 5.56 Å². The quantitative estimate of drug-likeness (QED) is 0.413. The van der Waals surface area contributed by atoms with Crippen LogP contribution in [-0.4, -0.2) is 77.7 Å². The fraction of sp³-hybridized carbons (Fsp3) is 0.516. The molecular formula is C31H36F5N5O4. The number of benzene rings is 1. The minimum Gasteiger partial charge on any atom is -0.443 e. The molecule has 2 amide bonds. The van der Waals surface area contributed by atoms with E-state index < -0.39 is 63.3 Å². The van der Waals surface area contributed by atoms with Crippen molar-refractivity contribution in [3.8, 4) is 0 Å². The largest absolute Gasteiger partial charge is 0.443 e. The Morgan fingerprint density at radius 1 is 1.11 bits per heavy atom. The number of piperazine rings is 1. The van der Waals surface area contributed by atoms with Crippen molar-refractivity contribution in [3.05, 3.63) is 63.1 Å². The molecule has 1 saturated carbocycles. The maximum atomic E-state index is 16.6. The lowest BCUT2D eigenvalue weighted by Gasteiger charge is -2.44. The number of pyridine rings is 1. The fourth-order valence-corrected chi connectivity index (χ4v) is 6.08. The molecule has 244 valence electrons. The van der Waals surface area contributed by atoms with Gasteiger partial charge in [0.05, 0.1) is 22.4 Å². The highest BCUT2D eigenvalue weighted by Crippen LogP contribution is 2.40. The number of H-pyrrole nitrogens is 1. The lowest BCUT2D eigenvalue weighted by atomic mass is 9.82. The van der Waals surface area contributed by atoms with E-state index in [4.69, 9.17) is 4.74 Å². The van der Waals surface area contributed by atoms with Crippen LogP contribution in [0.1, 0.15) is 67.9 Å². The zero-order chi connectivity index (χ0) is 32.8. The first-order valence-corrected chi connectivity index (χ1v) is 14.9. The number of alkyl halides is 3. The van der Waals surface area contributed by atoms with E-state index in [1.807, 2.05) is 27.8 Å². The van der Waals surface area contributed by atoms with Gasteiger partial charge in [0.25, 0.3) is 5.91 Å². The average Bonchev–Trinajstić information content (AvgIpc) is 2.95. The number of halogens is 5. The number of rotatable bonds is 5. The molecule has 5 rings (SSSR count). The van der Waals surface area contributed by atoms with E-state index in [1.54, 1.807) is 11.0 Å². The molecule has 1 aromatic carbocycles. The molecule has 14 heteroatoms. The highest BCUT2D eigenvalue weighted by molar-refractivity contribution is 6.07. The number of carbonyl (C=O) groups excluding carboxylic acids is 2. The summed E-state index contributed by atoms with van der Waals surface area (Å²) < 4.78 is 79.5. The van der Waals surface area contributed by atoms with Crippen LogP contribution in [0.25, 0.3) is 5.57 Å². The van der Waals surface area contributed by atoms with Crippen molar-refractivity contribution in [1.29, 1.82) is 0 Å². The molecule has 2 aromatic rings. The molecule has 0 unspecified atom stereocenters. The van der Waals surface area contributed by atoms with E-state index in [2.05, 4.69) is 15.2 Å². The summed E-state index contributed by atoms with van der Waals surface area (Å²) in [6.45, 7) is 6.40. The number of aromatic nitrogens is 1. The first kappa shape index (κ1) is 32.5. The Balaban J connectivity index is 1.55. The van der Waals surface area contributed by atoms with E-state index in [-0.39, 0.29) is 48.9 Å². The molecule has 2 atom stereocenters. The summed E-state index contributed by atoms with van der Waals surface area (Å²) in [4.78, 5) is 45.1. The van der Waals surface area contributed by atoms with Crippen LogP contribution in [0, 0.1) is 11.6 Å². The Morgan fingerprint density at radius 2 is 1.78 bits per heavy atom. The number of nitrogens with zero attached hydrogens (tertiary/aromatic N) is 3. The predicted molar refractivity (Wildman–Crippen MR) is 158 cm³/mol. The first-order valence-electron chi connectivity index (χ1n) is 14.9. The summed E-state index contributed by atoms with van der Waals surface area (Å²) >= 11 is 0. The fourth-order valence-electron chi connectivity index (χ4n) is 6.08. The number of likely N-dealkylation sites (N-methyl/N-ethyl adjacent to an activating group) is 1. The second-order valence-corrected chi connectivity index (χ2v) is 12.4. The van der Waals surface area contributed by atoms with Gasteiger partial charge in [-0.1, -0.05) is 6.08 Å². The van der Waals surface area contributed by atoms with Crippen molar-refractivity contribution >= 4 is 28.9 Å². The normalized spacial score (nSPS) is 22.0. The molecule has 2 N–H and O–H groups in total. The van der Waals surface area contributed by atoms with Crippen LogP contribution in [0.3, 0.4) is 0 Å². The van der Waals surface area contributed by atoms with Crippen LogP contribution in [-0.2, 0) is 10.9 Å². The summed E-state index contributed by atoms with van der Waals surface area (Å²) in [5, 5.41) is 2.26. The van der Waals surface area contributed by atoms with Gasteiger partial charge in [0, 0.05) is 56.6 Å². The van der Waals surface area contributed by atoms with Gasteiger partial charge in [-0.2, -0.15) is 13.2 Å². The monoisotopic (exact) mass is 637 g/mol. The van der Waals surface area contributed by atoms with Crippen LogP contribution in [0.15, 0.2) is 29.2 Å². The maximum absolute atomic E-state index is 16.6. The molecule has 1 aromatic heterocycles. The summed E-state index contributed by atoms with van der Waals surface area (Å²) in [5.74, 6) is -3.49. The molecule has 9 nitrogen and oxygen atoms in total. The molecule has 3 heterocycles. The third-order valence-corrected chi connectivity index (χ3v) is 9.09. The van der Waals surface area contributed by atoms with E-state index >= 15 is 8.78 Å². The van der Waals surface area contributed by atoms with E-state index in [0.29, 0.717) is 19.3 Å². The van der Waals surface area contributed by atoms with Gasteiger partial charge in [-0.15, -0.1) is 0 Å². The van der Waals surface area contributed by atoms with Crippen LogP contribution in [0.5, 0.6) is 0 Å². The van der Waals surface area contributed by atoms with Gasteiger partial charge >= 0.3 is 12.3 Å². The number of anilines is 2. The number of aromatic amines is 1. The average molecular weight is 638 g/mol. The van der Waals surface area contributed by atoms with Crippen molar-refractivity contribution in [2.45, 2.75) is 70.3 Å². The zero-order valence-electron chi connectivity index (χ0n) is 25.5. The third kappa shape index (κ3) is 6.56. The van der Waals surface area contributed by atoms with Crippen LogP contribution < -0.4 is 15.8 Å². The van der Waals surface area contributed by atoms with Gasteiger partial charge in [-0.25, -0.2) is 13.6 Å². The van der Waals surface area contributed by atoms with Gasteiger partial charge in [-0.3, -0.25) is 14.5 Å². The number of carbonyl (C=O) groups is 2. The smallest absolute Gasteiger partial charge is 0.417 e.